The Labute approximate surface area is 106 Å². The average molecular weight is 276 g/mol. The van der Waals surface area contributed by atoms with E-state index in [1.165, 1.54) is 12.3 Å². The van der Waals surface area contributed by atoms with Gasteiger partial charge in [-0.3, -0.25) is 4.79 Å². The van der Waals surface area contributed by atoms with Crippen molar-refractivity contribution in [1.29, 1.82) is 0 Å². The van der Waals surface area contributed by atoms with Crippen LogP contribution in [0.15, 0.2) is 18.3 Å². The molecule has 1 aliphatic heterocycles. The quantitative estimate of drug-likeness (QED) is 0.877. The number of aromatic nitrogens is 1. The Morgan fingerprint density at radius 3 is 2.84 bits per heavy atom. The Hall–Kier alpha value is -1.83. The third-order valence-electron chi connectivity index (χ3n) is 2.83. The number of hydrogen-bond acceptors (Lipinski definition) is 4. The number of halogens is 3. The maximum Gasteiger partial charge on any atom is 0.419 e. The molecule has 1 aromatic heterocycles. The molecule has 0 amide bonds. The van der Waals surface area contributed by atoms with Gasteiger partial charge in [0.15, 0.2) is 0 Å². The number of hydrogen-bond donors (Lipinski definition) is 2. The smallest absolute Gasteiger partial charge is 0.419 e. The number of carboxylic acid groups (broad SMARTS) is 1. The van der Waals surface area contributed by atoms with Crippen LogP contribution in [0.4, 0.5) is 19.0 Å². The Kier molecular flexibility index (Phi) is 3.61. The fraction of sp³-hybridized carbons (Fsp3) is 0.455. The second-order valence-electron chi connectivity index (χ2n) is 4.13. The number of alkyl halides is 3. The SMILES string of the molecule is O=C(O)C1COCC1Nc1ncccc1C(F)(F)F. The molecule has 1 aromatic rings. The van der Waals surface area contributed by atoms with Crippen LogP contribution in [-0.2, 0) is 15.7 Å². The van der Waals surface area contributed by atoms with Gasteiger partial charge < -0.3 is 15.2 Å². The van der Waals surface area contributed by atoms with Crippen LogP contribution >= 0.6 is 0 Å². The first kappa shape index (κ1) is 13.6. The molecule has 0 bridgehead atoms. The number of ether oxygens (including phenoxy) is 1. The summed E-state index contributed by atoms with van der Waals surface area (Å²) in [6, 6.07) is 1.34. The molecule has 1 fully saturated rings. The summed E-state index contributed by atoms with van der Waals surface area (Å²) in [5, 5.41) is 11.4. The first-order valence-electron chi connectivity index (χ1n) is 5.49. The van der Waals surface area contributed by atoms with Crippen molar-refractivity contribution < 1.29 is 27.8 Å². The summed E-state index contributed by atoms with van der Waals surface area (Å²) < 4.78 is 43.2. The van der Waals surface area contributed by atoms with Crippen LogP contribution in [0.5, 0.6) is 0 Å². The summed E-state index contributed by atoms with van der Waals surface area (Å²) in [5.74, 6) is -2.38. The van der Waals surface area contributed by atoms with Gasteiger partial charge in [-0.2, -0.15) is 13.2 Å². The van der Waals surface area contributed by atoms with Gasteiger partial charge in [0.1, 0.15) is 11.7 Å². The number of pyridine rings is 1. The van der Waals surface area contributed by atoms with E-state index in [0.717, 1.165) is 6.07 Å². The maximum absolute atomic E-state index is 12.8. The van der Waals surface area contributed by atoms with Crippen molar-refractivity contribution in [2.75, 3.05) is 18.5 Å². The molecule has 0 radical (unpaired) electrons. The Bertz CT molecular complexity index is 478. The second-order valence-corrected chi connectivity index (χ2v) is 4.13. The lowest BCUT2D eigenvalue weighted by Gasteiger charge is -2.19. The Balaban J connectivity index is 2.22. The standard InChI is InChI=1S/C11H11F3N2O3/c12-11(13,14)7-2-1-3-15-9(7)16-8-5-19-4-6(8)10(17)18/h1-3,6,8H,4-5H2,(H,15,16)(H,17,18). The summed E-state index contributed by atoms with van der Waals surface area (Å²) in [5.41, 5.74) is -0.925. The number of nitrogens with zero attached hydrogens (tertiary/aromatic N) is 1. The molecule has 0 spiro atoms. The van der Waals surface area contributed by atoms with Crippen molar-refractivity contribution in [2.45, 2.75) is 12.2 Å². The molecule has 1 aliphatic rings. The van der Waals surface area contributed by atoms with Gasteiger partial charge in [-0.1, -0.05) is 0 Å². The van der Waals surface area contributed by atoms with Crippen molar-refractivity contribution >= 4 is 11.8 Å². The lowest BCUT2D eigenvalue weighted by atomic mass is 10.0. The van der Waals surface area contributed by atoms with Crippen molar-refractivity contribution in [2.24, 2.45) is 5.92 Å². The fourth-order valence-corrected chi connectivity index (χ4v) is 1.86. The molecule has 0 aliphatic carbocycles. The highest BCUT2D eigenvalue weighted by Gasteiger charge is 2.38. The highest BCUT2D eigenvalue weighted by molar-refractivity contribution is 5.72. The Morgan fingerprint density at radius 2 is 2.21 bits per heavy atom. The van der Waals surface area contributed by atoms with Crippen LogP contribution in [0.1, 0.15) is 5.56 Å². The van der Waals surface area contributed by atoms with Crippen LogP contribution in [-0.4, -0.2) is 35.3 Å². The monoisotopic (exact) mass is 276 g/mol. The minimum absolute atomic E-state index is 0.0266. The van der Waals surface area contributed by atoms with E-state index in [0.29, 0.717) is 0 Å². The van der Waals surface area contributed by atoms with Crippen molar-refractivity contribution in [3.8, 4) is 0 Å². The minimum Gasteiger partial charge on any atom is -0.481 e. The highest BCUT2D eigenvalue weighted by atomic mass is 19.4. The summed E-state index contributed by atoms with van der Waals surface area (Å²) >= 11 is 0. The van der Waals surface area contributed by atoms with E-state index in [1.807, 2.05) is 0 Å². The van der Waals surface area contributed by atoms with E-state index in [1.54, 1.807) is 0 Å². The molecular formula is C11H11F3N2O3. The van der Waals surface area contributed by atoms with Crippen LogP contribution in [0, 0.1) is 5.92 Å². The number of aliphatic carboxylic acids is 1. The molecule has 8 heteroatoms. The summed E-state index contributed by atoms with van der Waals surface area (Å²) in [4.78, 5) is 14.5. The summed E-state index contributed by atoms with van der Waals surface area (Å²) in [7, 11) is 0. The number of nitrogens with one attached hydrogen (secondary N) is 1. The van der Waals surface area contributed by atoms with Crippen molar-refractivity contribution in [1.82, 2.24) is 4.98 Å². The minimum atomic E-state index is -4.55. The van der Waals surface area contributed by atoms with Crippen LogP contribution in [0.25, 0.3) is 0 Å². The average Bonchev–Trinajstić information content (AvgIpc) is 2.76. The molecule has 19 heavy (non-hydrogen) atoms. The molecule has 2 heterocycles. The van der Waals surface area contributed by atoms with Gasteiger partial charge >= 0.3 is 12.1 Å². The third kappa shape index (κ3) is 2.95. The molecule has 1 saturated heterocycles. The van der Waals surface area contributed by atoms with E-state index < -0.39 is 29.7 Å². The highest BCUT2D eigenvalue weighted by Crippen LogP contribution is 2.34. The van der Waals surface area contributed by atoms with E-state index in [9.17, 15) is 18.0 Å². The molecule has 5 nitrogen and oxygen atoms in total. The summed E-state index contributed by atoms with van der Waals surface area (Å²) in [6.07, 6.45) is -3.34. The van der Waals surface area contributed by atoms with Gasteiger partial charge in [-0.05, 0) is 12.1 Å². The maximum atomic E-state index is 12.8. The van der Waals surface area contributed by atoms with Gasteiger partial charge in [0, 0.05) is 6.20 Å². The van der Waals surface area contributed by atoms with Gasteiger partial charge in [0.25, 0.3) is 0 Å². The lowest BCUT2D eigenvalue weighted by molar-refractivity contribution is -0.141. The number of anilines is 1. The predicted molar refractivity (Wildman–Crippen MR) is 58.6 cm³/mol. The van der Waals surface area contributed by atoms with Crippen LogP contribution in [0.3, 0.4) is 0 Å². The third-order valence-corrected chi connectivity index (χ3v) is 2.83. The van der Waals surface area contributed by atoms with E-state index in [4.69, 9.17) is 9.84 Å². The van der Waals surface area contributed by atoms with Crippen molar-refractivity contribution in [3.05, 3.63) is 23.9 Å². The predicted octanol–water partition coefficient (Wildman–Crippen LogP) is 1.61. The largest absolute Gasteiger partial charge is 0.481 e. The zero-order valence-corrected chi connectivity index (χ0v) is 9.65. The van der Waals surface area contributed by atoms with E-state index in [2.05, 4.69) is 10.3 Å². The zero-order valence-electron chi connectivity index (χ0n) is 9.65. The van der Waals surface area contributed by atoms with Crippen LogP contribution < -0.4 is 5.32 Å². The number of rotatable bonds is 3. The van der Waals surface area contributed by atoms with E-state index in [-0.39, 0.29) is 19.0 Å². The molecule has 2 atom stereocenters. The molecule has 2 N–H and O–H groups in total. The first-order chi connectivity index (χ1) is 8.89. The molecule has 0 aromatic carbocycles. The first-order valence-corrected chi connectivity index (χ1v) is 5.49. The van der Waals surface area contributed by atoms with Crippen LogP contribution in [0.2, 0.25) is 0 Å². The topological polar surface area (TPSA) is 71.5 Å². The van der Waals surface area contributed by atoms with Gasteiger partial charge in [-0.25, -0.2) is 4.98 Å². The number of carboxylic acids is 1. The fourth-order valence-electron chi connectivity index (χ4n) is 1.86. The van der Waals surface area contributed by atoms with E-state index >= 15 is 0 Å². The molecule has 2 unspecified atom stereocenters. The number of carbonyl (C=O) groups is 1. The van der Waals surface area contributed by atoms with Gasteiger partial charge in [-0.15, -0.1) is 0 Å². The normalized spacial score (nSPS) is 23.3. The molecule has 0 saturated carbocycles. The zero-order chi connectivity index (χ0) is 14.0. The summed E-state index contributed by atoms with van der Waals surface area (Å²) in [6.45, 7) is 0.00598. The van der Waals surface area contributed by atoms with Crippen molar-refractivity contribution in [3.63, 3.8) is 0 Å². The lowest BCUT2D eigenvalue weighted by Crippen LogP contribution is -2.34. The Morgan fingerprint density at radius 1 is 1.47 bits per heavy atom. The molecular weight excluding hydrogens is 265 g/mol. The van der Waals surface area contributed by atoms with Gasteiger partial charge in [0.05, 0.1) is 24.8 Å². The molecule has 104 valence electrons. The van der Waals surface area contributed by atoms with Gasteiger partial charge in [0.2, 0.25) is 0 Å². The molecule has 2 rings (SSSR count). The second kappa shape index (κ2) is 5.04.